The first-order valence-electron chi connectivity index (χ1n) is 9.57. The van der Waals surface area contributed by atoms with Crippen molar-refractivity contribution in [3.05, 3.63) is 59.1 Å². The number of hydrogen-bond acceptors (Lipinski definition) is 6. The summed E-state index contributed by atoms with van der Waals surface area (Å²) in [5.74, 6) is 0.847. The molecule has 0 amide bonds. The maximum absolute atomic E-state index is 6.26. The Kier molecular flexibility index (Phi) is 4.53. The van der Waals surface area contributed by atoms with Crippen LogP contribution in [0.15, 0.2) is 47.8 Å². The van der Waals surface area contributed by atoms with E-state index < -0.39 is 0 Å². The molecule has 7 heteroatoms. The van der Waals surface area contributed by atoms with Gasteiger partial charge in [-0.1, -0.05) is 41.6 Å². The Morgan fingerprint density at radius 3 is 2.81 bits per heavy atom. The van der Waals surface area contributed by atoms with E-state index in [0.29, 0.717) is 17.9 Å². The standard InChI is InChI=1S/C20H24N6S/c21-20-15-11-14(8-9-16(15)22-24-20)18-19(17-7-4-10-27-17)26(25-23-18)12-13-5-2-1-3-6-13/h1-7,10,14-16,20,22,24H,8-9,11-12,21H2. The van der Waals surface area contributed by atoms with Gasteiger partial charge in [-0.3, -0.25) is 5.43 Å². The van der Waals surface area contributed by atoms with Crippen LogP contribution in [0.3, 0.4) is 0 Å². The van der Waals surface area contributed by atoms with Crippen LogP contribution in [0.4, 0.5) is 0 Å². The normalized spacial score (nSPS) is 27.6. The average Bonchev–Trinajstić information content (AvgIpc) is 3.43. The predicted molar refractivity (Wildman–Crippen MR) is 107 cm³/mol. The summed E-state index contributed by atoms with van der Waals surface area (Å²) < 4.78 is 2.06. The van der Waals surface area contributed by atoms with Crippen molar-refractivity contribution < 1.29 is 0 Å². The highest BCUT2D eigenvalue weighted by molar-refractivity contribution is 7.13. The lowest BCUT2D eigenvalue weighted by atomic mass is 9.76. The number of thiophene rings is 1. The molecule has 3 aromatic rings. The highest BCUT2D eigenvalue weighted by Gasteiger charge is 2.40. The van der Waals surface area contributed by atoms with E-state index in [9.17, 15) is 0 Å². The number of rotatable bonds is 4. The van der Waals surface area contributed by atoms with Gasteiger partial charge in [-0.25, -0.2) is 10.1 Å². The Hall–Kier alpha value is -2.06. The van der Waals surface area contributed by atoms with Gasteiger partial charge in [0.25, 0.3) is 0 Å². The molecular formula is C20H24N6S. The third-order valence-electron chi connectivity index (χ3n) is 5.87. The molecule has 4 N–H and O–H groups in total. The van der Waals surface area contributed by atoms with Gasteiger partial charge in [-0.15, -0.1) is 16.4 Å². The second-order valence-corrected chi connectivity index (χ2v) is 8.49. The van der Waals surface area contributed by atoms with Crippen molar-refractivity contribution in [1.29, 1.82) is 0 Å². The Morgan fingerprint density at radius 2 is 2.00 bits per heavy atom. The number of fused-ring (bicyclic) bond motifs is 1. The number of nitrogens with two attached hydrogens (primary N) is 1. The van der Waals surface area contributed by atoms with Crippen LogP contribution in [0.2, 0.25) is 0 Å². The minimum Gasteiger partial charge on any atom is -0.315 e. The van der Waals surface area contributed by atoms with Gasteiger partial charge in [0.15, 0.2) is 0 Å². The molecule has 140 valence electrons. The minimum absolute atomic E-state index is 0.0161. The molecule has 0 bridgehead atoms. The van der Waals surface area contributed by atoms with Crippen molar-refractivity contribution in [3.63, 3.8) is 0 Å². The predicted octanol–water partition coefficient (Wildman–Crippen LogP) is 2.70. The molecule has 2 fully saturated rings. The van der Waals surface area contributed by atoms with E-state index in [1.807, 2.05) is 6.07 Å². The topological polar surface area (TPSA) is 80.8 Å². The van der Waals surface area contributed by atoms with Crippen LogP contribution >= 0.6 is 11.3 Å². The van der Waals surface area contributed by atoms with Gasteiger partial charge >= 0.3 is 0 Å². The monoisotopic (exact) mass is 380 g/mol. The first-order chi connectivity index (χ1) is 13.3. The molecule has 4 atom stereocenters. The second kappa shape index (κ2) is 7.16. The lowest BCUT2D eigenvalue weighted by Crippen LogP contribution is -2.39. The number of aromatic nitrogens is 3. The van der Waals surface area contributed by atoms with Gasteiger partial charge in [0, 0.05) is 17.9 Å². The van der Waals surface area contributed by atoms with Crippen LogP contribution < -0.4 is 16.6 Å². The first-order valence-corrected chi connectivity index (χ1v) is 10.5. The van der Waals surface area contributed by atoms with E-state index >= 15 is 0 Å². The summed E-state index contributed by atoms with van der Waals surface area (Å²) in [6.07, 6.45) is 3.30. The van der Waals surface area contributed by atoms with Gasteiger partial charge in [0.2, 0.25) is 0 Å². The van der Waals surface area contributed by atoms with Crippen molar-refractivity contribution in [2.24, 2.45) is 11.7 Å². The second-order valence-electron chi connectivity index (χ2n) is 7.54. The summed E-state index contributed by atoms with van der Waals surface area (Å²) >= 11 is 1.75. The SMILES string of the molecule is NC1NNC2CCC(c3nnn(Cc4ccccc4)c3-c3cccs3)CC12. The van der Waals surface area contributed by atoms with Crippen LogP contribution in [0.25, 0.3) is 10.6 Å². The Morgan fingerprint density at radius 1 is 1.11 bits per heavy atom. The molecule has 6 nitrogen and oxygen atoms in total. The Bertz CT molecular complexity index is 891. The van der Waals surface area contributed by atoms with Gasteiger partial charge < -0.3 is 5.73 Å². The largest absolute Gasteiger partial charge is 0.315 e. The molecule has 0 radical (unpaired) electrons. The van der Waals surface area contributed by atoms with Crippen molar-refractivity contribution in [1.82, 2.24) is 25.8 Å². The van der Waals surface area contributed by atoms with E-state index in [0.717, 1.165) is 31.5 Å². The number of benzene rings is 1. The summed E-state index contributed by atoms with van der Waals surface area (Å²) in [6.45, 7) is 0.739. The number of hydrazine groups is 1. The van der Waals surface area contributed by atoms with Crippen LogP contribution in [-0.2, 0) is 6.54 Å². The summed E-state index contributed by atoms with van der Waals surface area (Å²) in [7, 11) is 0. The van der Waals surface area contributed by atoms with Gasteiger partial charge in [-0.2, -0.15) is 0 Å². The summed E-state index contributed by atoms with van der Waals surface area (Å²) in [5.41, 5.74) is 16.3. The molecule has 1 aliphatic carbocycles. The number of nitrogens with one attached hydrogen (secondary N) is 2. The number of hydrogen-bond donors (Lipinski definition) is 3. The zero-order valence-electron chi connectivity index (χ0n) is 15.1. The van der Waals surface area contributed by atoms with E-state index in [-0.39, 0.29) is 6.17 Å². The lowest BCUT2D eigenvalue weighted by molar-refractivity contribution is 0.276. The van der Waals surface area contributed by atoms with Gasteiger partial charge in [0.1, 0.15) is 5.69 Å². The fourth-order valence-electron chi connectivity index (χ4n) is 4.48. The van der Waals surface area contributed by atoms with Gasteiger partial charge in [-0.05, 0) is 36.3 Å². The van der Waals surface area contributed by atoms with Crippen LogP contribution in [-0.4, -0.2) is 27.2 Å². The third kappa shape index (κ3) is 3.21. The van der Waals surface area contributed by atoms with Crippen LogP contribution in [0, 0.1) is 5.92 Å². The maximum atomic E-state index is 6.26. The highest BCUT2D eigenvalue weighted by atomic mass is 32.1. The summed E-state index contributed by atoms with van der Waals surface area (Å²) in [4.78, 5) is 1.24. The van der Waals surface area contributed by atoms with Gasteiger partial charge in [0.05, 0.1) is 23.3 Å². The zero-order valence-corrected chi connectivity index (χ0v) is 15.9. The third-order valence-corrected chi connectivity index (χ3v) is 6.75. The smallest absolute Gasteiger partial charge is 0.102 e. The molecule has 1 aliphatic heterocycles. The first kappa shape index (κ1) is 17.1. The Labute approximate surface area is 162 Å². The molecule has 3 heterocycles. The van der Waals surface area contributed by atoms with Crippen molar-refractivity contribution >= 4 is 11.3 Å². The van der Waals surface area contributed by atoms with E-state index in [4.69, 9.17) is 5.73 Å². The summed E-state index contributed by atoms with van der Waals surface area (Å²) in [5, 5.41) is 11.3. The zero-order chi connectivity index (χ0) is 18.2. The molecular weight excluding hydrogens is 356 g/mol. The van der Waals surface area contributed by atoms with Crippen molar-refractivity contribution in [2.75, 3.05) is 0 Å². The van der Waals surface area contributed by atoms with Crippen LogP contribution in [0.1, 0.15) is 36.4 Å². The Balaban J connectivity index is 1.49. The maximum Gasteiger partial charge on any atom is 0.102 e. The lowest BCUT2D eigenvalue weighted by Gasteiger charge is -2.31. The molecule has 2 aliphatic rings. The van der Waals surface area contributed by atoms with Crippen molar-refractivity contribution in [3.8, 4) is 10.6 Å². The van der Waals surface area contributed by atoms with Crippen LogP contribution in [0.5, 0.6) is 0 Å². The van der Waals surface area contributed by atoms with Crippen molar-refractivity contribution in [2.45, 2.75) is 43.9 Å². The van der Waals surface area contributed by atoms with E-state index in [1.165, 1.54) is 16.1 Å². The molecule has 4 unspecified atom stereocenters. The highest BCUT2D eigenvalue weighted by Crippen LogP contribution is 2.41. The fraction of sp³-hybridized carbons (Fsp3) is 0.400. The quantitative estimate of drug-likeness (QED) is 0.648. The average molecular weight is 381 g/mol. The molecule has 2 aromatic heterocycles. The molecule has 1 saturated carbocycles. The molecule has 27 heavy (non-hydrogen) atoms. The number of nitrogens with zero attached hydrogens (tertiary/aromatic N) is 3. The minimum atomic E-state index is 0.0161. The van der Waals surface area contributed by atoms with E-state index in [2.05, 4.69) is 67.6 Å². The molecule has 0 spiro atoms. The molecule has 5 rings (SSSR count). The summed E-state index contributed by atoms with van der Waals surface area (Å²) in [6, 6.07) is 15.2. The van der Waals surface area contributed by atoms with E-state index in [1.54, 1.807) is 11.3 Å². The molecule has 1 saturated heterocycles. The molecule has 1 aromatic carbocycles. The fourth-order valence-corrected chi connectivity index (χ4v) is 5.26.